The van der Waals surface area contributed by atoms with E-state index in [0.717, 1.165) is 11.3 Å². The van der Waals surface area contributed by atoms with Crippen molar-refractivity contribution in [3.63, 3.8) is 0 Å². The number of halogens is 2. The molecule has 1 N–H and O–H groups in total. The third-order valence-electron chi connectivity index (χ3n) is 4.09. The van der Waals surface area contributed by atoms with Gasteiger partial charge in [-0.1, -0.05) is 17.7 Å². The predicted octanol–water partition coefficient (Wildman–Crippen LogP) is 3.86. The van der Waals surface area contributed by atoms with Crippen LogP contribution in [0.2, 0.25) is 5.02 Å². The van der Waals surface area contributed by atoms with Crippen molar-refractivity contribution in [2.45, 2.75) is 19.1 Å². The standard InChI is InChI=1S/C18H12ClFN2O4S/c19-9-4-5-13-12(6-9)22(18(25)14(26-13)7-16(23)24)8-15-21-11-3-1-2-10(20)17(11)27-15/h1-6,14H,7-8H2,(H,23,24). The Morgan fingerprint density at radius 2 is 2.19 bits per heavy atom. The molecule has 0 saturated carbocycles. The monoisotopic (exact) mass is 406 g/mol. The zero-order valence-corrected chi connectivity index (χ0v) is 15.3. The van der Waals surface area contributed by atoms with Gasteiger partial charge in [-0.25, -0.2) is 9.37 Å². The maximum Gasteiger partial charge on any atom is 0.307 e. The Morgan fingerprint density at radius 3 is 2.93 bits per heavy atom. The molecule has 1 aromatic heterocycles. The van der Waals surface area contributed by atoms with Crippen LogP contribution in [0.25, 0.3) is 10.2 Å². The first kappa shape index (κ1) is 17.7. The molecule has 0 saturated heterocycles. The Labute approximate surface area is 161 Å². The molecule has 3 aromatic rings. The summed E-state index contributed by atoms with van der Waals surface area (Å²) in [4.78, 5) is 29.7. The molecule has 1 aliphatic heterocycles. The normalized spacial score (nSPS) is 16.3. The number of thiazole rings is 1. The lowest BCUT2D eigenvalue weighted by molar-refractivity contribution is -0.142. The van der Waals surface area contributed by atoms with Crippen molar-refractivity contribution in [3.8, 4) is 5.75 Å². The molecular formula is C18H12ClFN2O4S. The van der Waals surface area contributed by atoms with Crippen molar-refractivity contribution in [2.75, 3.05) is 4.90 Å². The summed E-state index contributed by atoms with van der Waals surface area (Å²) in [7, 11) is 0. The summed E-state index contributed by atoms with van der Waals surface area (Å²) in [6.45, 7) is 0.0600. The quantitative estimate of drug-likeness (QED) is 0.711. The molecule has 6 nitrogen and oxygen atoms in total. The number of aliphatic carboxylic acids is 1. The molecule has 2 aromatic carbocycles. The molecule has 0 spiro atoms. The van der Waals surface area contributed by atoms with Gasteiger partial charge in [-0.3, -0.25) is 14.5 Å². The molecule has 0 aliphatic carbocycles. The molecule has 1 atom stereocenters. The molecule has 138 valence electrons. The van der Waals surface area contributed by atoms with Crippen LogP contribution in [0.3, 0.4) is 0 Å². The summed E-state index contributed by atoms with van der Waals surface area (Å²) in [6, 6.07) is 9.36. The van der Waals surface area contributed by atoms with E-state index in [4.69, 9.17) is 21.4 Å². The van der Waals surface area contributed by atoms with Gasteiger partial charge in [0.2, 0.25) is 0 Å². The van der Waals surface area contributed by atoms with E-state index in [-0.39, 0.29) is 12.4 Å². The van der Waals surface area contributed by atoms with Gasteiger partial charge in [0.15, 0.2) is 6.10 Å². The molecule has 27 heavy (non-hydrogen) atoms. The summed E-state index contributed by atoms with van der Waals surface area (Å²) >= 11 is 7.19. The van der Waals surface area contributed by atoms with Crippen LogP contribution < -0.4 is 9.64 Å². The zero-order valence-electron chi connectivity index (χ0n) is 13.7. The molecule has 1 unspecified atom stereocenters. The Kier molecular flexibility index (Phi) is 4.45. The molecule has 1 amide bonds. The van der Waals surface area contributed by atoms with Gasteiger partial charge in [0, 0.05) is 5.02 Å². The summed E-state index contributed by atoms with van der Waals surface area (Å²) in [5.41, 5.74) is 0.929. The smallest absolute Gasteiger partial charge is 0.307 e. The maximum absolute atomic E-state index is 13.9. The summed E-state index contributed by atoms with van der Waals surface area (Å²) in [5.74, 6) is -1.67. The molecule has 0 fully saturated rings. The number of anilines is 1. The van der Waals surface area contributed by atoms with Crippen molar-refractivity contribution in [3.05, 3.63) is 52.2 Å². The summed E-state index contributed by atoms with van der Waals surface area (Å²) < 4.78 is 19.9. The minimum absolute atomic E-state index is 0.0600. The van der Waals surface area contributed by atoms with E-state index in [1.807, 2.05) is 0 Å². The molecule has 4 rings (SSSR count). The largest absolute Gasteiger partial charge is 0.481 e. The minimum Gasteiger partial charge on any atom is -0.481 e. The molecular weight excluding hydrogens is 395 g/mol. The Balaban J connectivity index is 1.74. The van der Waals surface area contributed by atoms with Crippen LogP contribution in [-0.4, -0.2) is 28.1 Å². The van der Waals surface area contributed by atoms with E-state index in [9.17, 15) is 14.0 Å². The van der Waals surface area contributed by atoms with E-state index >= 15 is 0 Å². The van der Waals surface area contributed by atoms with E-state index in [0.29, 0.717) is 31.7 Å². The van der Waals surface area contributed by atoms with Crippen LogP contribution in [0.15, 0.2) is 36.4 Å². The molecule has 0 bridgehead atoms. The number of fused-ring (bicyclic) bond motifs is 2. The Hall–Kier alpha value is -2.71. The second kappa shape index (κ2) is 6.79. The van der Waals surface area contributed by atoms with Crippen LogP contribution in [0.4, 0.5) is 10.1 Å². The van der Waals surface area contributed by atoms with Gasteiger partial charge in [-0.05, 0) is 30.3 Å². The number of nitrogens with zero attached hydrogens (tertiary/aromatic N) is 2. The van der Waals surface area contributed by atoms with Gasteiger partial charge in [0.25, 0.3) is 5.91 Å². The van der Waals surface area contributed by atoms with E-state index in [1.165, 1.54) is 11.0 Å². The van der Waals surface area contributed by atoms with Crippen molar-refractivity contribution in [1.82, 2.24) is 4.98 Å². The minimum atomic E-state index is -1.15. The zero-order chi connectivity index (χ0) is 19.1. The third kappa shape index (κ3) is 3.33. The van der Waals surface area contributed by atoms with Crippen molar-refractivity contribution >= 4 is 50.7 Å². The lowest BCUT2D eigenvalue weighted by atomic mass is 10.1. The van der Waals surface area contributed by atoms with Crippen LogP contribution in [0.1, 0.15) is 11.4 Å². The van der Waals surface area contributed by atoms with Crippen molar-refractivity contribution < 1.29 is 23.8 Å². The number of carbonyl (C=O) groups excluding carboxylic acids is 1. The SMILES string of the molecule is O=C(O)CC1Oc2ccc(Cl)cc2N(Cc2nc3cccc(F)c3s2)C1=O. The van der Waals surface area contributed by atoms with Crippen LogP contribution in [0.5, 0.6) is 5.75 Å². The number of carboxylic acid groups (broad SMARTS) is 1. The molecule has 0 radical (unpaired) electrons. The lowest BCUT2D eigenvalue weighted by Gasteiger charge is -2.33. The lowest BCUT2D eigenvalue weighted by Crippen LogP contribution is -2.46. The van der Waals surface area contributed by atoms with E-state index < -0.39 is 24.4 Å². The van der Waals surface area contributed by atoms with Gasteiger partial charge in [-0.15, -0.1) is 11.3 Å². The fourth-order valence-electron chi connectivity index (χ4n) is 2.91. The fraction of sp³-hybridized carbons (Fsp3) is 0.167. The van der Waals surface area contributed by atoms with Gasteiger partial charge in [0.05, 0.1) is 28.9 Å². The number of rotatable bonds is 4. The number of aromatic nitrogens is 1. The number of hydrogen-bond acceptors (Lipinski definition) is 5. The summed E-state index contributed by atoms with van der Waals surface area (Å²) in [6.07, 6.45) is -1.62. The first-order valence-corrected chi connectivity index (χ1v) is 9.15. The summed E-state index contributed by atoms with van der Waals surface area (Å²) in [5, 5.41) is 9.98. The number of amides is 1. The van der Waals surface area contributed by atoms with Gasteiger partial charge < -0.3 is 9.84 Å². The van der Waals surface area contributed by atoms with Crippen LogP contribution in [0, 0.1) is 5.82 Å². The van der Waals surface area contributed by atoms with Gasteiger partial charge in [0.1, 0.15) is 16.6 Å². The first-order valence-electron chi connectivity index (χ1n) is 7.95. The number of benzene rings is 2. The number of ether oxygens (including phenoxy) is 1. The average Bonchev–Trinajstić information content (AvgIpc) is 3.03. The van der Waals surface area contributed by atoms with Crippen LogP contribution in [-0.2, 0) is 16.1 Å². The number of carbonyl (C=O) groups is 2. The maximum atomic E-state index is 13.9. The molecule has 9 heteroatoms. The Morgan fingerprint density at radius 1 is 1.37 bits per heavy atom. The highest BCUT2D eigenvalue weighted by Crippen LogP contribution is 2.38. The highest BCUT2D eigenvalue weighted by molar-refractivity contribution is 7.18. The first-order chi connectivity index (χ1) is 12.9. The molecule has 2 heterocycles. The van der Waals surface area contributed by atoms with Gasteiger partial charge >= 0.3 is 5.97 Å². The third-order valence-corrected chi connectivity index (χ3v) is 5.39. The van der Waals surface area contributed by atoms with Crippen molar-refractivity contribution in [1.29, 1.82) is 0 Å². The fourth-order valence-corrected chi connectivity index (χ4v) is 4.04. The highest BCUT2D eigenvalue weighted by Gasteiger charge is 2.36. The second-order valence-electron chi connectivity index (χ2n) is 5.94. The van der Waals surface area contributed by atoms with Gasteiger partial charge in [-0.2, -0.15) is 0 Å². The topological polar surface area (TPSA) is 79.7 Å². The van der Waals surface area contributed by atoms with E-state index in [2.05, 4.69) is 4.98 Å². The number of carboxylic acids is 1. The van der Waals surface area contributed by atoms with Crippen LogP contribution >= 0.6 is 22.9 Å². The number of hydrogen-bond donors (Lipinski definition) is 1. The molecule has 1 aliphatic rings. The average molecular weight is 407 g/mol. The Bertz CT molecular complexity index is 1070. The highest BCUT2D eigenvalue weighted by atomic mass is 35.5. The van der Waals surface area contributed by atoms with E-state index in [1.54, 1.807) is 30.3 Å². The van der Waals surface area contributed by atoms with Crippen molar-refractivity contribution in [2.24, 2.45) is 0 Å². The second-order valence-corrected chi connectivity index (χ2v) is 7.46. The predicted molar refractivity (Wildman–Crippen MR) is 98.9 cm³/mol.